The molecule has 0 radical (unpaired) electrons. The number of nitrogens with zero attached hydrogens (tertiary/aromatic N) is 4. The van der Waals surface area contributed by atoms with E-state index in [-0.39, 0.29) is 5.82 Å². The first-order valence-corrected chi connectivity index (χ1v) is 9.17. The molecule has 3 N–H and O–H groups in total. The molecule has 0 bridgehead atoms. The Morgan fingerprint density at radius 1 is 0.966 bits per heavy atom. The second-order valence-electron chi connectivity index (χ2n) is 6.47. The molecule has 3 aromatic heterocycles. The van der Waals surface area contributed by atoms with E-state index >= 15 is 0 Å². The van der Waals surface area contributed by atoms with Gasteiger partial charge in [-0.05, 0) is 29.8 Å². The summed E-state index contributed by atoms with van der Waals surface area (Å²) >= 11 is 6.02. The lowest BCUT2D eigenvalue weighted by Crippen LogP contribution is -1.97. The van der Waals surface area contributed by atoms with E-state index < -0.39 is 0 Å². The third-order valence-electron chi connectivity index (χ3n) is 4.72. The SMILES string of the molecule is Nc1ncnc2c1c(-c1ccc(Cl)cc1)cn2-c1cnc(-c2ccccc2F)[nH]1. The van der Waals surface area contributed by atoms with Gasteiger partial charge in [0.15, 0.2) is 5.65 Å². The van der Waals surface area contributed by atoms with Crippen LogP contribution >= 0.6 is 11.6 Å². The number of anilines is 1. The number of aromatic amines is 1. The molecule has 142 valence electrons. The number of imidazole rings is 1. The highest BCUT2D eigenvalue weighted by Crippen LogP contribution is 2.34. The largest absolute Gasteiger partial charge is 0.383 e. The molecule has 0 fully saturated rings. The van der Waals surface area contributed by atoms with Crippen LogP contribution in [0.4, 0.5) is 10.2 Å². The van der Waals surface area contributed by atoms with E-state index in [0.717, 1.165) is 16.5 Å². The van der Waals surface area contributed by atoms with Crippen molar-refractivity contribution in [2.24, 2.45) is 0 Å². The fraction of sp³-hybridized carbons (Fsp3) is 0. The highest BCUT2D eigenvalue weighted by Gasteiger charge is 2.18. The number of aromatic nitrogens is 5. The van der Waals surface area contributed by atoms with Crippen LogP contribution in [0.2, 0.25) is 5.02 Å². The fourth-order valence-corrected chi connectivity index (χ4v) is 3.47. The minimum atomic E-state index is -0.348. The molecule has 0 aliphatic heterocycles. The maximum Gasteiger partial charge on any atom is 0.151 e. The van der Waals surface area contributed by atoms with Crippen LogP contribution in [0.1, 0.15) is 0 Å². The molecule has 0 saturated carbocycles. The molecule has 6 nitrogen and oxygen atoms in total. The molecule has 5 rings (SSSR count). The molecule has 8 heteroatoms. The Kier molecular flexibility index (Phi) is 4.03. The average Bonchev–Trinajstić information content (AvgIpc) is 3.35. The van der Waals surface area contributed by atoms with Gasteiger partial charge in [-0.3, -0.25) is 4.57 Å². The number of nitrogens with one attached hydrogen (secondary N) is 1. The molecule has 3 heterocycles. The van der Waals surface area contributed by atoms with Crippen molar-refractivity contribution in [2.75, 3.05) is 5.73 Å². The Bertz CT molecular complexity index is 1340. The highest BCUT2D eigenvalue weighted by atomic mass is 35.5. The molecule has 0 spiro atoms. The predicted octanol–water partition coefficient (Wildman–Crippen LogP) is 4.85. The number of rotatable bonds is 3. The van der Waals surface area contributed by atoms with Crippen molar-refractivity contribution in [1.82, 2.24) is 24.5 Å². The van der Waals surface area contributed by atoms with Crippen molar-refractivity contribution >= 4 is 28.5 Å². The average molecular weight is 405 g/mol. The van der Waals surface area contributed by atoms with Crippen LogP contribution in [0.5, 0.6) is 0 Å². The van der Waals surface area contributed by atoms with Gasteiger partial charge in [0.25, 0.3) is 0 Å². The van der Waals surface area contributed by atoms with Gasteiger partial charge < -0.3 is 10.7 Å². The van der Waals surface area contributed by atoms with Gasteiger partial charge in [0, 0.05) is 16.8 Å². The summed E-state index contributed by atoms with van der Waals surface area (Å²) in [6.07, 6.45) is 4.94. The summed E-state index contributed by atoms with van der Waals surface area (Å²) < 4.78 is 16.0. The number of nitrogens with two attached hydrogens (primary N) is 1. The Hall–Kier alpha value is -3.71. The molecular formula is C21H14ClFN6. The van der Waals surface area contributed by atoms with Crippen molar-refractivity contribution in [3.05, 3.63) is 78.1 Å². The van der Waals surface area contributed by atoms with Crippen molar-refractivity contribution < 1.29 is 4.39 Å². The molecule has 0 aliphatic carbocycles. The summed E-state index contributed by atoms with van der Waals surface area (Å²) in [7, 11) is 0. The van der Waals surface area contributed by atoms with Crippen LogP contribution in [-0.4, -0.2) is 24.5 Å². The maximum atomic E-state index is 14.1. The van der Waals surface area contributed by atoms with E-state index in [0.29, 0.717) is 33.7 Å². The smallest absolute Gasteiger partial charge is 0.151 e. The van der Waals surface area contributed by atoms with Crippen molar-refractivity contribution in [1.29, 1.82) is 0 Å². The zero-order valence-electron chi connectivity index (χ0n) is 15.0. The number of hydrogen-bond acceptors (Lipinski definition) is 4. The Balaban J connectivity index is 1.70. The normalized spacial score (nSPS) is 11.2. The summed E-state index contributed by atoms with van der Waals surface area (Å²) in [6, 6.07) is 13.9. The van der Waals surface area contributed by atoms with E-state index in [1.807, 2.05) is 35.0 Å². The van der Waals surface area contributed by atoms with Crippen molar-refractivity contribution in [3.63, 3.8) is 0 Å². The van der Waals surface area contributed by atoms with Crippen LogP contribution in [0.15, 0.2) is 67.3 Å². The molecule has 29 heavy (non-hydrogen) atoms. The molecular weight excluding hydrogens is 391 g/mol. The van der Waals surface area contributed by atoms with E-state index in [2.05, 4.69) is 19.9 Å². The monoisotopic (exact) mass is 404 g/mol. The summed E-state index contributed by atoms with van der Waals surface area (Å²) in [5, 5.41) is 1.36. The number of H-pyrrole nitrogens is 1. The Morgan fingerprint density at radius 2 is 1.76 bits per heavy atom. The third kappa shape index (κ3) is 2.92. The van der Waals surface area contributed by atoms with Gasteiger partial charge in [-0.1, -0.05) is 35.9 Å². The van der Waals surface area contributed by atoms with Gasteiger partial charge in [0.1, 0.15) is 29.6 Å². The molecule has 0 atom stereocenters. The van der Waals surface area contributed by atoms with Gasteiger partial charge in [-0.2, -0.15) is 0 Å². The summed E-state index contributed by atoms with van der Waals surface area (Å²) in [5.74, 6) is 1.08. The molecule has 0 unspecified atom stereocenters. The third-order valence-corrected chi connectivity index (χ3v) is 4.97. The minimum absolute atomic E-state index is 0.348. The lowest BCUT2D eigenvalue weighted by molar-refractivity contribution is 0.630. The highest BCUT2D eigenvalue weighted by molar-refractivity contribution is 6.30. The second kappa shape index (κ2) is 6.72. The number of fused-ring (bicyclic) bond motifs is 1. The second-order valence-corrected chi connectivity index (χ2v) is 6.91. The van der Waals surface area contributed by atoms with Crippen LogP contribution in [0.3, 0.4) is 0 Å². The number of hydrogen-bond donors (Lipinski definition) is 2. The first kappa shape index (κ1) is 17.4. The lowest BCUT2D eigenvalue weighted by atomic mass is 10.1. The van der Waals surface area contributed by atoms with Gasteiger partial charge in [0.05, 0.1) is 17.1 Å². The Morgan fingerprint density at radius 3 is 2.55 bits per heavy atom. The van der Waals surface area contributed by atoms with Gasteiger partial charge >= 0.3 is 0 Å². The standard InChI is InChI=1S/C21H14ClFN6/c22-13-7-5-12(6-8-13)15-10-29(21-18(15)19(24)26-11-27-21)17-9-25-20(28-17)14-3-1-2-4-16(14)23/h1-11H,(H,25,28)(H2,24,26,27). The van der Waals surface area contributed by atoms with Gasteiger partial charge in [0.2, 0.25) is 0 Å². The van der Waals surface area contributed by atoms with Crippen molar-refractivity contribution in [2.45, 2.75) is 0 Å². The zero-order valence-corrected chi connectivity index (χ0v) is 15.7. The van der Waals surface area contributed by atoms with E-state index in [9.17, 15) is 4.39 Å². The summed E-state index contributed by atoms with van der Waals surface area (Å²) in [5.41, 5.74) is 8.96. The molecule has 0 amide bonds. The first-order chi connectivity index (χ1) is 14.1. The van der Waals surface area contributed by atoms with E-state index in [1.165, 1.54) is 12.4 Å². The summed E-state index contributed by atoms with van der Waals surface area (Å²) in [4.78, 5) is 16.0. The van der Waals surface area contributed by atoms with Crippen molar-refractivity contribution in [3.8, 4) is 28.3 Å². The molecule has 2 aromatic carbocycles. The number of halogens is 2. The first-order valence-electron chi connectivity index (χ1n) is 8.79. The van der Waals surface area contributed by atoms with E-state index in [1.54, 1.807) is 24.4 Å². The number of benzene rings is 2. The Labute approximate surface area is 169 Å². The topological polar surface area (TPSA) is 85.4 Å². The maximum absolute atomic E-state index is 14.1. The quantitative estimate of drug-likeness (QED) is 0.450. The van der Waals surface area contributed by atoms with Gasteiger partial charge in [-0.15, -0.1) is 0 Å². The van der Waals surface area contributed by atoms with E-state index in [4.69, 9.17) is 17.3 Å². The predicted molar refractivity (Wildman–Crippen MR) is 111 cm³/mol. The van der Waals surface area contributed by atoms with Crippen LogP contribution < -0.4 is 5.73 Å². The van der Waals surface area contributed by atoms with Gasteiger partial charge in [-0.25, -0.2) is 19.3 Å². The molecule has 0 saturated heterocycles. The minimum Gasteiger partial charge on any atom is -0.383 e. The van der Waals surface area contributed by atoms with Crippen LogP contribution in [0.25, 0.3) is 39.4 Å². The molecule has 5 aromatic rings. The number of nitrogen functional groups attached to an aromatic ring is 1. The fourth-order valence-electron chi connectivity index (χ4n) is 3.34. The van der Waals surface area contributed by atoms with Crippen LogP contribution in [-0.2, 0) is 0 Å². The summed E-state index contributed by atoms with van der Waals surface area (Å²) in [6.45, 7) is 0. The van der Waals surface area contributed by atoms with Crippen LogP contribution in [0, 0.1) is 5.82 Å². The molecule has 0 aliphatic rings. The lowest BCUT2D eigenvalue weighted by Gasteiger charge is -2.02. The zero-order chi connectivity index (χ0) is 20.0.